The Kier molecular flexibility index (Phi) is 4.11. The van der Waals surface area contributed by atoms with Crippen molar-refractivity contribution in [1.29, 1.82) is 0 Å². The van der Waals surface area contributed by atoms with Crippen LogP contribution in [0.25, 0.3) is 0 Å². The van der Waals surface area contributed by atoms with Gasteiger partial charge in [0.15, 0.2) is 5.82 Å². The lowest BCUT2D eigenvalue weighted by Gasteiger charge is -2.06. The highest BCUT2D eigenvalue weighted by Gasteiger charge is 2.15. The molecule has 0 radical (unpaired) electrons. The third-order valence-electron chi connectivity index (χ3n) is 2.56. The molecule has 1 heterocycles. The molecule has 0 unspecified atom stereocenters. The number of nitrogens with zero attached hydrogens (tertiary/aromatic N) is 1. The summed E-state index contributed by atoms with van der Waals surface area (Å²) in [6, 6.07) is 8.26. The number of rotatable bonds is 5. The fourth-order valence-electron chi connectivity index (χ4n) is 1.61. The van der Waals surface area contributed by atoms with Crippen LogP contribution in [0.15, 0.2) is 35.2 Å². The smallest absolute Gasteiger partial charge is 0.263 e. The minimum atomic E-state index is -3.60. The maximum Gasteiger partial charge on any atom is 0.263 e. The highest BCUT2D eigenvalue weighted by atomic mass is 35.5. The molecule has 102 valence electrons. The molecule has 0 bridgehead atoms. The summed E-state index contributed by atoms with van der Waals surface area (Å²) in [5.41, 5.74) is 1.79. The molecular formula is C12H14ClN3O2S. The molecular weight excluding hydrogens is 286 g/mol. The van der Waals surface area contributed by atoms with Crippen molar-refractivity contribution in [3.05, 3.63) is 41.6 Å². The molecule has 0 atom stereocenters. The van der Waals surface area contributed by atoms with Crippen LogP contribution in [-0.2, 0) is 16.4 Å². The summed E-state index contributed by atoms with van der Waals surface area (Å²) < 4.78 is 26.6. The molecule has 0 saturated heterocycles. The molecule has 0 aliphatic carbocycles. The third-order valence-corrected chi connectivity index (χ3v) is 4.12. The van der Waals surface area contributed by atoms with E-state index in [1.165, 1.54) is 0 Å². The van der Waals surface area contributed by atoms with Crippen molar-refractivity contribution >= 4 is 27.4 Å². The summed E-state index contributed by atoms with van der Waals surface area (Å²) >= 11 is 5.63. The van der Waals surface area contributed by atoms with Gasteiger partial charge >= 0.3 is 0 Å². The van der Waals surface area contributed by atoms with E-state index in [2.05, 4.69) is 14.9 Å². The first-order valence-electron chi connectivity index (χ1n) is 5.71. The number of nitrogens with one attached hydrogen (secondary N) is 2. The second-order valence-corrected chi connectivity index (χ2v) is 6.18. The molecule has 2 N–H and O–H groups in total. The van der Waals surface area contributed by atoms with E-state index < -0.39 is 10.0 Å². The Morgan fingerprint density at radius 2 is 2.00 bits per heavy atom. The zero-order valence-electron chi connectivity index (χ0n) is 10.4. The van der Waals surface area contributed by atoms with Gasteiger partial charge in [-0.3, -0.25) is 9.82 Å². The van der Waals surface area contributed by atoms with Crippen LogP contribution in [0.2, 0.25) is 0 Å². The molecule has 7 heteroatoms. The predicted molar refractivity (Wildman–Crippen MR) is 75.0 cm³/mol. The molecule has 0 aliphatic rings. The van der Waals surface area contributed by atoms with Crippen molar-refractivity contribution in [2.75, 3.05) is 10.6 Å². The van der Waals surface area contributed by atoms with Crippen molar-refractivity contribution in [2.24, 2.45) is 0 Å². The number of hydrogen-bond acceptors (Lipinski definition) is 3. The zero-order valence-corrected chi connectivity index (χ0v) is 11.9. The van der Waals surface area contributed by atoms with Crippen molar-refractivity contribution < 1.29 is 8.42 Å². The Bertz CT molecular complexity index is 650. The number of halogens is 1. The quantitative estimate of drug-likeness (QED) is 0.832. The molecule has 0 spiro atoms. The summed E-state index contributed by atoms with van der Waals surface area (Å²) in [5.74, 6) is 0.791. The van der Waals surface area contributed by atoms with E-state index >= 15 is 0 Å². The Labute approximate surface area is 117 Å². The maximum absolute atomic E-state index is 12.1. The molecule has 1 aromatic heterocycles. The lowest BCUT2D eigenvalue weighted by molar-refractivity contribution is 0.601. The highest BCUT2D eigenvalue weighted by Crippen LogP contribution is 2.15. The van der Waals surface area contributed by atoms with Gasteiger partial charge in [0.05, 0.1) is 4.90 Å². The second kappa shape index (κ2) is 5.63. The Balaban J connectivity index is 2.19. The van der Waals surface area contributed by atoms with Crippen LogP contribution in [0.1, 0.15) is 11.3 Å². The number of H-pyrrole nitrogens is 1. The maximum atomic E-state index is 12.1. The van der Waals surface area contributed by atoms with Gasteiger partial charge in [-0.1, -0.05) is 12.1 Å². The van der Waals surface area contributed by atoms with Crippen LogP contribution in [0.5, 0.6) is 0 Å². The Morgan fingerprint density at radius 3 is 2.53 bits per heavy atom. The lowest BCUT2D eigenvalue weighted by atomic mass is 10.2. The van der Waals surface area contributed by atoms with Crippen LogP contribution >= 0.6 is 11.6 Å². The van der Waals surface area contributed by atoms with E-state index in [0.717, 1.165) is 11.3 Å². The van der Waals surface area contributed by atoms with Crippen LogP contribution in [0.4, 0.5) is 5.82 Å². The van der Waals surface area contributed by atoms with Crippen molar-refractivity contribution in [3.63, 3.8) is 0 Å². The summed E-state index contributed by atoms with van der Waals surface area (Å²) in [4.78, 5) is 0.200. The molecule has 0 aliphatic heterocycles. The van der Waals surface area contributed by atoms with Gasteiger partial charge in [-0.25, -0.2) is 8.42 Å². The van der Waals surface area contributed by atoms with Gasteiger partial charge in [-0.2, -0.15) is 5.10 Å². The molecule has 0 fully saturated rings. The van der Waals surface area contributed by atoms with E-state index in [0.29, 0.717) is 12.3 Å². The molecule has 2 aromatic rings. The monoisotopic (exact) mass is 299 g/mol. The first-order chi connectivity index (χ1) is 9.01. The second-order valence-electron chi connectivity index (χ2n) is 4.12. The van der Waals surface area contributed by atoms with Gasteiger partial charge in [0.25, 0.3) is 10.0 Å². The highest BCUT2D eigenvalue weighted by molar-refractivity contribution is 7.92. The number of aromatic nitrogens is 2. The van der Waals surface area contributed by atoms with E-state index in [4.69, 9.17) is 11.6 Å². The van der Waals surface area contributed by atoms with Gasteiger partial charge < -0.3 is 0 Å². The van der Waals surface area contributed by atoms with Gasteiger partial charge in [0.1, 0.15) is 0 Å². The van der Waals surface area contributed by atoms with Gasteiger partial charge in [-0.05, 0) is 31.0 Å². The van der Waals surface area contributed by atoms with Crippen molar-refractivity contribution in [1.82, 2.24) is 10.2 Å². The molecule has 0 saturated carbocycles. The number of sulfonamides is 1. The summed E-state index contributed by atoms with van der Waals surface area (Å²) in [7, 11) is -3.60. The summed E-state index contributed by atoms with van der Waals surface area (Å²) in [6.07, 6.45) is 0.716. The standard InChI is InChI=1S/C12H14ClN3O2S/c1-9-8-12(15-14-9)16-19(17,18)11-4-2-10(3-5-11)6-7-13/h2-5,8H,6-7H2,1H3,(H2,14,15,16). The normalized spacial score (nSPS) is 11.5. The molecule has 2 rings (SSSR count). The number of aromatic amines is 1. The van der Waals surface area contributed by atoms with E-state index in [1.807, 2.05) is 0 Å². The van der Waals surface area contributed by atoms with E-state index in [-0.39, 0.29) is 10.7 Å². The first kappa shape index (κ1) is 13.9. The SMILES string of the molecule is Cc1cc(NS(=O)(=O)c2ccc(CCCl)cc2)n[nH]1. The summed E-state index contributed by atoms with van der Waals surface area (Å²) in [6.45, 7) is 1.80. The van der Waals surface area contributed by atoms with Crippen LogP contribution in [0, 0.1) is 6.92 Å². The van der Waals surface area contributed by atoms with Crippen LogP contribution in [0.3, 0.4) is 0 Å². The zero-order chi connectivity index (χ0) is 13.9. The van der Waals surface area contributed by atoms with Gasteiger partial charge in [0, 0.05) is 17.6 Å². The Morgan fingerprint density at radius 1 is 1.32 bits per heavy atom. The van der Waals surface area contributed by atoms with E-state index in [1.54, 1.807) is 37.3 Å². The third kappa shape index (κ3) is 3.48. The first-order valence-corrected chi connectivity index (χ1v) is 7.73. The number of aryl methyl sites for hydroxylation is 2. The molecule has 0 amide bonds. The molecule has 19 heavy (non-hydrogen) atoms. The molecule has 5 nitrogen and oxygen atoms in total. The fraction of sp³-hybridized carbons (Fsp3) is 0.250. The number of benzene rings is 1. The number of hydrogen-bond donors (Lipinski definition) is 2. The van der Waals surface area contributed by atoms with Crippen LogP contribution < -0.4 is 4.72 Å². The predicted octanol–water partition coefficient (Wildman–Crippen LogP) is 2.30. The minimum Gasteiger partial charge on any atom is -0.281 e. The average Bonchev–Trinajstić information content (AvgIpc) is 2.75. The number of alkyl halides is 1. The molecule has 1 aromatic carbocycles. The summed E-state index contributed by atoms with van der Waals surface area (Å²) in [5, 5.41) is 6.52. The average molecular weight is 300 g/mol. The topological polar surface area (TPSA) is 74.8 Å². The van der Waals surface area contributed by atoms with Crippen molar-refractivity contribution in [3.8, 4) is 0 Å². The van der Waals surface area contributed by atoms with Gasteiger partial charge in [-0.15, -0.1) is 11.6 Å². The van der Waals surface area contributed by atoms with E-state index in [9.17, 15) is 8.42 Å². The lowest BCUT2D eigenvalue weighted by Crippen LogP contribution is -2.13. The largest absolute Gasteiger partial charge is 0.281 e. The Hall–Kier alpha value is -1.53. The van der Waals surface area contributed by atoms with Crippen molar-refractivity contribution in [2.45, 2.75) is 18.2 Å². The fourth-order valence-corrected chi connectivity index (χ4v) is 2.82. The minimum absolute atomic E-state index is 0.200. The number of anilines is 1. The van der Waals surface area contributed by atoms with Crippen LogP contribution in [-0.4, -0.2) is 24.5 Å². The van der Waals surface area contributed by atoms with Gasteiger partial charge in [0.2, 0.25) is 0 Å².